The van der Waals surface area contributed by atoms with Crippen LogP contribution in [0.2, 0.25) is 0 Å². The lowest BCUT2D eigenvalue weighted by molar-refractivity contribution is 0.577. The van der Waals surface area contributed by atoms with E-state index in [1.807, 2.05) is 0 Å². The van der Waals surface area contributed by atoms with E-state index in [1.165, 1.54) is 81.0 Å². The highest BCUT2D eigenvalue weighted by Crippen LogP contribution is 2.78. The van der Waals surface area contributed by atoms with Gasteiger partial charge in [-0.1, -0.05) is 0 Å². The molecule has 0 aromatic heterocycles. The van der Waals surface area contributed by atoms with Crippen LogP contribution in [0.5, 0.6) is 0 Å². The van der Waals surface area contributed by atoms with Crippen LogP contribution in [0, 0.1) is 0 Å². The quantitative estimate of drug-likeness (QED) is 0.632. The van der Waals surface area contributed by atoms with Crippen LogP contribution in [0.3, 0.4) is 0 Å². The highest BCUT2D eigenvalue weighted by atomic mass is 32.3. The molecule has 3 nitrogen and oxygen atoms in total. The number of fused-ring (bicyclic) bond motifs is 2. The van der Waals surface area contributed by atoms with Crippen LogP contribution in [-0.2, 0) is 0 Å². The summed E-state index contributed by atoms with van der Waals surface area (Å²) in [4.78, 5) is 8.23. The first kappa shape index (κ1) is 18.2. The summed E-state index contributed by atoms with van der Waals surface area (Å²) in [5, 5.41) is 3.76. The Morgan fingerprint density at radius 2 is 1.07 bits per heavy atom. The van der Waals surface area contributed by atoms with Crippen LogP contribution in [0.25, 0.3) is 0 Å². The van der Waals surface area contributed by atoms with E-state index in [-0.39, 0.29) is 0 Å². The van der Waals surface area contributed by atoms with E-state index in [9.17, 15) is 0 Å². The van der Waals surface area contributed by atoms with Crippen molar-refractivity contribution >= 4 is 31.9 Å². The molecular formula is C24H35N3S. The molecule has 28 heavy (non-hydrogen) atoms. The zero-order valence-electron chi connectivity index (χ0n) is 17.7. The Kier molecular flexibility index (Phi) is 4.13. The first-order valence-electron chi connectivity index (χ1n) is 11.0. The van der Waals surface area contributed by atoms with Gasteiger partial charge in [-0.15, -0.1) is 0 Å². The van der Waals surface area contributed by atoms with Gasteiger partial charge in [-0.3, -0.25) is 0 Å². The Bertz CT molecular complexity index is 900. The summed E-state index contributed by atoms with van der Waals surface area (Å²) < 4.78 is 0. The van der Waals surface area contributed by atoms with Gasteiger partial charge in [0.2, 0.25) is 0 Å². The Balaban J connectivity index is 1.59. The van der Waals surface area contributed by atoms with Crippen molar-refractivity contribution in [2.24, 2.45) is 0 Å². The number of nitrogens with zero attached hydrogens (tertiary/aromatic N) is 2. The second kappa shape index (κ2) is 6.35. The molecule has 0 bridgehead atoms. The van der Waals surface area contributed by atoms with Crippen molar-refractivity contribution in [3.05, 3.63) is 36.4 Å². The van der Waals surface area contributed by atoms with E-state index in [0.29, 0.717) is 0 Å². The average Bonchev–Trinajstić information content (AvgIpc) is 3.23. The summed E-state index contributed by atoms with van der Waals surface area (Å²) in [7, 11) is -2.22. The summed E-state index contributed by atoms with van der Waals surface area (Å²) >= 11 is 0. The molecule has 3 aliphatic heterocycles. The Morgan fingerprint density at radius 3 is 1.54 bits per heavy atom. The number of piperidine rings is 1. The standard InChI is InChI=1S/C24H35N3S/c1-28(2,3)23-17-19(26-13-5-4-6-14-26)9-11-21(23)25-22-12-10-20(18-24(22)28)27-15-7-8-16-27/h9-12,17-18,25,28H,4-8,13-16H2,1-3H3. The molecule has 2 aromatic carbocycles. The van der Waals surface area contributed by atoms with Gasteiger partial charge in [0.15, 0.2) is 0 Å². The van der Waals surface area contributed by atoms with Crippen molar-refractivity contribution in [3.8, 4) is 0 Å². The predicted octanol–water partition coefficient (Wildman–Crippen LogP) is 5.71. The van der Waals surface area contributed by atoms with Gasteiger partial charge in [0.05, 0.1) is 0 Å². The summed E-state index contributed by atoms with van der Waals surface area (Å²) in [5.41, 5.74) is 5.45. The van der Waals surface area contributed by atoms with Gasteiger partial charge in [-0.2, -0.15) is 0 Å². The molecule has 0 saturated carbocycles. The fraction of sp³-hybridized carbons (Fsp3) is 0.500. The molecule has 152 valence electrons. The molecule has 0 radical (unpaired) electrons. The molecule has 4 heteroatoms. The summed E-state index contributed by atoms with van der Waals surface area (Å²) in [6.07, 6.45) is 14.3. The largest absolute Gasteiger partial charge is 0.372 e. The predicted molar refractivity (Wildman–Crippen MR) is 127 cm³/mol. The van der Waals surface area contributed by atoms with Gasteiger partial charge in [0.25, 0.3) is 0 Å². The number of benzene rings is 2. The Labute approximate surface area is 170 Å². The molecule has 5 rings (SSSR count). The maximum absolute atomic E-state index is 3.76. The Morgan fingerprint density at radius 1 is 0.643 bits per heavy atom. The van der Waals surface area contributed by atoms with E-state index in [1.54, 1.807) is 9.79 Å². The summed E-state index contributed by atoms with van der Waals surface area (Å²) in [6, 6.07) is 14.3. The van der Waals surface area contributed by atoms with Crippen molar-refractivity contribution in [3.63, 3.8) is 0 Å². The molecule has 3 heterocycles. The highest BCUT2D eigenvalue weighted by molar-refractivity contribution is 8.48. The van der Waals surface area contributed by atoms with Crippen molar-refractivity contribution in [2.75, 3.05) is 60.1 Å². The van der Waals surface area contributed by atoms with Gasteiger partial charge in [-0.05, 0) is 87.3 Å². The fourth-order valence-corrected chi connectivity index (χ4v) is 8.72. The molecule has 2 saturated heterocycles. The van der Waals surface area contributed by atoms with Crippen LogP contribution in [0.1, 0.15) is 32.1 Å². The zero-order chi connectivity index (χ0) is 19.4. The topological polar surface area (TPSA) is 18.5 Å². The molecule has 1 N–H and O–H groups in total. The van der Waals surface area contributed by atoms with Crippen molar-refractivity contribution in [1.29, 1.82) is 0 Å². The maximum Gasteiger partial charge on any atom is 0.0497 e. The highest BCUT2D eigenvalue weighted by Gasteiger charge is 2.38. The van der Waals surface area contributed by atoms with Crippen LogP contribution >= 0.6 is 9.16 Å². The lowest BCUT2D eigenvalue weighted by Crippen LogP contribution is -2.30. The number of rotatable bonds is 2. The number of anilines is 4. The van der Waals surface area contributed by atoms with Gasteiger partial charge in [0, 0.05) is 58.7 Å². The third kappa shape index (κ3) is 2.88. The van der Waals surface area contributed by atoms with Crippen molar-refractivity contribution in [2.45, 2.75) is 41.9 Å². The summed E-state index contributed by atoms with van der Waals surface area (Å²) in [6.45, 7) is 4.81. The van der Waals surface area contributed by atoms with Gasteiger partial charge < -0.3 is 15.1 Å². The maximum atomic E-state index is 3.76. The molecule has 0 atom stereocenters. The van der Waals surface area contributed by atoms with E-state index in [0.717, 1.165) is 0 Å². The molecular weight excluding hydrogens is 362 g/mol. The third-order valence-corrected chi connectivity index (χ3v) is 11.2. The minimum atomic E-state index is -2.22. The Hall–Kier alpha value is -1.81. The molecule has 3 aliphatic rings. The molecule has 0 amide bonds. The normalized spacial score (nSPS) is 23.9. The average molecular weight is 398 g/mol. The third-order valence-electron chi connectivity index (χ3n) is 7.11. The lowest BCUT2D eigenvalue weighted by Gasteiger charge is -2.57. The first-order chi connectivity index (χ1) is 13.4. The van der Waals surface area contributed by atoms with E-state index in [2.05, 4.69) is 70.3 Å². The zero-order valence-corrected chi connectivity index (χ0v) is 18.6. The molecule has 2 aromatic rings. The summed E-state index contributed by atoms with van der Waals surface area (Å²) in [5.74, 6) is 0. The van der Waals surface area contributed by atoms with Crippen LogP contribution in [0.4, 0.5) is 22.7 Å². The smallest absolute Gasteiger partial charge is 0.0497 e. The van der Waals surface area contributed by atoms with Crippen molar-refractivity contribution in [1.82, 2.24) is 0 Å². The van der Waals surface area contributed by atoms with E-state index in [4.69, 9.17) is 0 Å². The number of hydrogen-bond donors (Lipinski definition) is 2. The monoisotopic (exact) mass is 397 g/mol. The fourth-order valence-electron chi connectivity index (χ4n) is 5.34. The SMILES string of the molecule is C[SH]1(C)(C)c2cc(N3CCCCC3)ccc2Nc2ccc(N3CCCC3)cc21. The van der Waals surface area contributed by atoms with Crippen molar-refractivity contribution < 1.29 is 0 Å². The number of hydrogen-bond acceptors (Lipinski definition) is 3. The van der Waals surface area contributed by atoms with Gasteiger partial charge in [0.1, 0.15) is 0 Å². The first-order valence-corrected chi connectivity index (χ1v) is 14.6. The minimum absolute atomic E-state index is 1.20. The molecule has 0 spiro atoms. The molecule has 0 aliphatic carbocycles. The van der Waals surface area contributed by atoms with Gasteiger partial charge in [-0.25, -0.2) is 9.16 Å². The van der Waals surface area contributed by atoms with Crippen LogP contribution < -0.4 is 15.1 Å². The molecule has 2 fully saturated rings. The number of nitrogens with one attached hydrogen (secondary N) is 1. The van der Waals surface area contributed by atoms with E-state index < -0.39 is 9.16 Å². The lowest BCUT2D eigenvalue weighted by atomic mass is 10.1. The van der Waals surface area contributed by atoms with Crippen LogP contribution in [0.15, 0.2) is 46.2 Å². The molecule has 0 unspecified atom stereocenters. The second-order valence-corrected chi connectivity index (χ2v) is 16.6. The van der Waals surface area contributed by atoms with E-state index >= 15 is 0 Å². The van der Waals surface area contributed by atoms with Gasteiger partial charge >= 0.3 is 0 Å². The number of thiol groups is 1. The second-order valence-electron chi connectivity index (χ2n) is 10.1. The minimum Gasteiger partial charge on any atom is -0.372 e. The van der Waals surface area contributed by atoms with Crippen LogP contribution in [-0.4, -0.2) is 44.9 Å².